The molecule has 1 aliphatic carbocycles. The lowest BCUT2D eigenvalue weighted by atomic mass is 9.82. The fourth-order valence-electron chi connectivity index (χ4n) is 5.01. The van der Waals surface area contributed by atoms with Crippen LogP contribution in [-0.4, -0.2) is 21.9 Å². The van der Waals surface area contributed by atoms with Crippen LogP contribution in [0.3, 0.4) is 0 Å². The zero-order valence-electron chi connectivity index (χ0n) is 20.8. The van der Waals surface area contributed by atoms with Crippen molar-refractivity contribution in [1.82, 2.24) is 15.3 Å². The summed E-state index contributed by atoms with van der Waals surface area (Å²) in [5, 5.41) is 4.54. The van der Waals surface area contributed by atoms with Gasteiger partial charge in [-0.3, -0.25) is 9.78 Å². The van der Waals surface area contributed by atoms with Crippen molar-refractivity contribution in [3.63, 3.8) is 0 Å². The van der Waals surface area contributed by atoms with Crippen molar-refractivity contribution >= 4 is 16.8 Å². The molecule has 2 N–H and O–H groups in total. The van der Waals surface area contributed by atoms with E-state index in [4.69, 9.17) is 0 Å². The Balaban J connectivity index is 1.70. The molecule has 0 fully saturated rings. The maximum absolute atomic E-state index is 13.4. The Bertz CT molecular complexity index is 1180. The highest BCUT2D eigenvalue weighted by molar-refractivity contribution is 5.94. The molecule has 1 aromatic carbocycles. The lowest BCUT2D eigenvalue weighted by molar-refractivity contribution is -0.126. The van der Waals surface area contributed by atoms with Crippen LogP contribution in [-0.2, 0) is 10.2 Å². The van der Waals surface area contributed by atoms with Crippen LogP contribution < -0.4 is 5.32 Å². The van der Waals surface area contributed by atoms with Crippen molar-refractivity contribution in [3.05, 3.63) is 65.5 Å². The summed E-state index contributed by atoms with van der Waals surface area (Å²) in [6.45, 7) is 12.8. The number of fused-ring (bicyclic) bond motifs is 1. The lowest BCUT2D eigenvalue weighted by Crippen LogP contribution is -2.45. The van der Waals surface area contributed by atoms with Gasteiger partial charge in [0.25, 0.3) is 0 Å². The van der Waals surface area contributed by atoms with Crippen LogP contribution >= 0.6 is 0 Å². The van der Waals surface area contributed by atoms with Crippen molar-refractivity contribution in [3.8, 4) is 11.3 Å². The van der Waals surface area contributed by atoms with E-state index >= 15 is 0 Å². The molecule has 4 heteroatoms. The maximum Gasteiger partial charge on any atom is 0.230 e. The summed E-state index contributed by atoms with van der Waals surface area (Å²) in [4.78, 5) is 21.4. The van der Waals surface area contributed by atoms with E-state index < -0.39 is 5.41 Å². The summed E-state index contributed by atoms with van der Waals surface area (Å²) in [6.07, 6.45) is 9.36. The molecule has 1 unspecified atom stereocenters. The molecule has 1 amide bonds. The maximum atomic E-state index is 13.4. The molecule has 1 aliphatic rings. The van der Waals surface area contributed by atoms with Crippen molar-refractivity contribution < 1.29 is 4.79 Å². The molecule has 2 atom stereocenters. The van der Waals surface area contributed by atoms with Gasteiger partial charge in [-0.25, -0.2) is 0 Å². The van der Waals surface area contributed by atoms with Crippen LogP contribution in [0.1, 0.15) is 76.6 Å². The molecule has 174 valence electrons. The van der Waals surface area contributed by atoms with Crippen LogP contribution in [0.15, 0.2) is 48.7 Å². The SMILES string of the molecule is Cc1cc(-c2[nH]c3ccc(C(C)(C)C(=O)NC4CC=CC[C@@H](C)C4)cc3c2C(C)C)ccn1. The van der Waals surface area contributed by atoms with E-state index in [1.807, 2.05) is 27.0 Å². The number of pyridine rings is 1. The molecule has 3 aromatic rings. The summed E-state index contributed by atoms with van der Waals surface area (Å²) < 4.78 is 0. The number of aromatic nitrogens is 2. The predicted molar refractivity (Wildman–Crippen MR) is 137 cm³/mol. The minimum atomic E-state index is -0.619. The van der Waals surface area contributed by atoms with E-state index in [0.29, 0.717) is 11.8 Å². The normalized spacial score (nSPS) is 19.1. The molecule has 2 aromatic heterocycles. The minimum Gasteiger partial charge on any atom is -0.354 e. The summed E-state index contributed by atoms with van der Waals surface area (Å²) in [5.41, 5.74) is 6.11. The number of carbonyl (C=O) groups excluding carboxylic acids is 1. The molecule has 0 radical (unpaired) electrons. The van der Waals surface area contributed by atoms with Gasteiger partial charge < -0.3 is 10.3 Å². The molecular weight excluding hydrogens is 406 g/mol. The largest absolute Gasteiger partial charge is 0.354 e. The number of benzene rings is 1. The van der Waals surface area contributed by atoms with Crippen molar-refractivity contribution in [2.75, 3.05) is 0 Å². The number of rotatable bonds is 5. The molecule has 0 spiro atoms. The Kier molecular flexibility index (Phi) is 6.47. The monoisotopic (exact) mass is 443 g/mol. The topological polar surface area (TPSA) is 57.8 Å². The van der Waals surface area contributed by atoms with Gasteiger partial charge in [-0.15, -0.1) is 0 Å². The molecule has 2 heterocycles. The van der Waals surface area contributed by atoms with Gasteiger partial charge in [0, 0.05) is 34.4 Å². The molecular formula is C29H37N3O. The highest BCUT2D eigenvalue weighted by atomic mass is 16.2. The minimum absolute atomic E-state index is 0.0981. The van der Waals surface area contributed by atoms with Gasteiger partial charge in [0.05, 0.1) is 11.1 Å². The molecule has 0 aliphatic heterocycles. The predicted octanol–water partition coefficient (Wildman–Crippen LogP) is 6.80. The Labute approximate surface area is 197 Å². The highest BCUT2D eigenvalue weighted by Crippen LogP contribution is 2.38. The number of aromatic amines is 1. The summed E-state index contributed by atoms with van der Waals surface area (Å²) in [5.74, 6) is 1.03. The van der Waals surface area contributed by atoms with E-state index in [1.165, 1.54) is 10.9 Å². The fraction of sp³-hybridized carbons (Fsp3) is 0.448. The molecule has 33 heavy (non-hydrogen) atoms. The van der Waals surface area contributed by atoms with E-state index in [2.05, 4.69) is 78.5 Å². The average Bonchev–Trinajstić information content (AvgIpc) is 3.03. The quantitative estimate of drug-likeness (QED) is 0.426. The zero-order valence-corrected chi connectivity index (χ0v) is 20.8. The smallest absolute Gasteiger partial charge is 0.230 e. The van der Waals surface area contributed by atoms with Crippen molar-refractivity contribution in [2.45, 2.75) is 78.2 Å². The van der Waals surface area contributed by atoms with Crippen LogP contribution in [0.4, 0.5) is 0 Å². The van der Waals surface area contributed by atoms with Gasteiger partial charge in [0.15, 0.2) is 0 Å². The third kappa shape index (κ3) is 4.75. The number of H-pyrrole nitrogens is 1. The number of hydrogen-bond acceptors (Lipinski definition) is 2. The van der Waals surface area contributed by atoms with Gasteiger partial charge in [0.2, 0.25) is 5.91 Å². The zero-order chi connectivity index (χ0) is 23.8. The average molecular weight is 444 g/mol. The fourth-order valence-corrected chi connectivity index (χ4v) is 5.01. The van der Waals surface area contributed by atoms with Gasteiger partial charge >= 0.3 is 0 Å². The number of allylic oxidation sites excluding steroid dienone is 1. The summed E-state index contributed by atoms with van der Waals surface area (Å²) in [7, 11) is 0. The van der Waals surface area contributed by atoms with E-state index in [1.54, 1.807) is 0 Å². The molecule has 0 bridgehead atoms. The molecule has 4 rings (SSSR count). The van der Waals surface area contributed by atoms with E-state index in [0.717, 1.165) is 47.3 Å². The van der Waals surface area contributed by atoms with Crippen LogP contribution in [0.2, 0.25) is 0 Å². The Morgan fingerprint density at radius 3 is 2.64 bits per heavy atom. The van der Waals surface area contributed by atoms with Gasteiger partial charge in [-0.05, 0) is 87.3 Å². The molecule has 0 saturated carbocycles. The lowest BCUT2D eigenvalue weighted by Gasteiger charge is -2.28. The van der Waals surface area contributed by atoms with Gasteiger partial charge in [0.1, 0.15) is 0 Å². The molecule has 0 saturated heterocycles. The van der Waals surface area contributed by atoms with Crippen molar-refractivity contribution in [1.29, 1.82) is 0 Å². The number of hydrogen-bond donors (Lipinski definition) is 2. The summed E-state index contributed by atoms with van der Waals surface area (Å²) in [6, 6.07) is 10.8. The van der Waals surface area contributed by atoms with Crippen LogP contribution in [0.25, 0.3) is 22.2 Å². The second-order valence-electron chi connectivity index (χ2n) is 10.6. The first-order chi connectivity index (χ1) is 15.7. The van der Waals surface area contributed by atoms with Crippen LogP contribution in [0.5, 0.6) is 0 Å². The van der Waals surface area contributed by atoms with E-state index in [-0.39, 0.29) is 11.9 Å². The first-order valence-electron chi connectivity index (χ1n) is 12.2. The highest BCUT2D eigenvalue weighted by Gasteiger charge is 2.32. The number of carbonyl (C=O) groups is 1. The summed E-state index contributed by atoms with van der Waals surface area (Å²) >= 11 is 0. The van der Waals surface area contributed by atoms with Gasteiger partial charge in [-0.2, -0.15) is 0 Å². The Morgan fingerprint density at radius 2 is 1.91 bits per heavy atom. The third-order valence-corrected chi connectivity index (χ3v) is 7.04. The van der Waals surface area contributed by atoms with Gasteiger partial charge in [-0.1, -0.05) is 39.0 Å². The Hall–Kier alpha value is -2.88. The second kappa shape index (κ2) is 9.17. The van der Waals surface area contributed by atoms with E-state index in [9.17, 15) is 4.79 Å². The number of aryl methyl sites for hydroxylation is 1. The van der Waals surface area contributed by atoms with Crippen LogP contribution in [0, 0.1) is 12.8 Å². The number of amides is 1. The second-order valence-corrected chi connectivity index (χ2v) is 10.6. The first-order valence-corrected chi connectivity index (χ1v) is 12.2. The number of nitrogens with zero attached hydrogens (tertiary/aromatic N) is 1. The first kappa shape index (κ1) is 23.3. The standard InChI is InChI=1S/C29H37N3O/c1-18(2)26-24-17-22(11-12-25(24)32-27(26)21-13-14-30-20(4)16-21)29(5,6)28(33)31-23-10-8-7-9-19(3)15-23/h7-8,11-14,16-19,23,32H,9-10,15H2,1-6H3,(H,31,33)/t19-,23?/m1/s1. The number of nitrogens with one attached hydrogen (secondary N) is 2. The molecule has 4 nitrogen and oxygen atoms in total. The Morgan fingerprint density at radius 1 is 1.15 bits per heavy atom. The van der Waals surface area contributed by atoms with Crippen molar-refractivity contribution in [2.24, 2.45) is 5.92 Å². The third-order valence-electron chi connectivity index (χ3n) is 7.04.